The van der Waals surface area contributed by atoms with E-state index in [4.69, 9.17) is 0 Å². The Morgan fingerprint density at radius 2 is 2.00 bits per heavy atom. The second-order valence-electron chi connectivity index (χ2n) is 8.35. The number of rotatable bonds is 8. The van der Waals surface area contributed by atoms with Crippen LogP contribution < -0.4 is 0 Å². The topological polar surface area (TPSA) is 40.5 Å². The van der Waals surface area contributed by atoms with E-state index in [0.717, 1.165) is 38.5 Å². The number of hydrogen-bond donors (Lipinski definition) is 1. The van der Waals surface area contributed by atoms with Gasteiger partial charge in [0.1, 0.15) is 0 Å². The number of nitrogens with zero attached hydrogens (tertiary/aromatic N) is 1. The van der Waals surface area contributed by atoms with Gasteiger partial charge < -0.3 is 10.0 Å². The summed E-state index contributed by atoms with van der Waals surface area (Å²) in [4.78, 5) is 13.3. The lowest BCUT2D eigenvalue weighted by Gasteiger charge is -2.18. The fourth-order valence-corrected chi connectivity index (χ4v) is 4.62. The summed E-state index contributed by atoms with van der Waals surface area (Å²) in [5, 5.41) is 10.5. The first-order valence-electron chi connectivity index (χ1n) is 10.3. The van der Waals surface area contributed by atoms with Crippen molar-refractivity contribution in [1.29, 1.82) is 0 Å². The third-order valence-electron chi connectivity index (χ3n) is 6.14. The van der Waals surface area contributed by atoms with Gasteiger partial charge in [0, 0.05) is 26.4 Å². The maximum atomic E-state index is 11.7. The van der Waals surface area contributed by atoms with Gasteiger partial charge in [0.05, 0.1) is 6.10 Å². The van der Waals surface area contributed by atoms with Gasteiger partial charge in [-0.1, -0.05) is 54.1 Å². The second kappa shape index (κ2) is 9.36. The fraction of sp³-hybridized carbons (Fsp3) is 0.542. The van der Waals surface area contributed by atoms with Crippen molar-refractivity contribution in [3.05, 3.63) is 59.7 Å². The first-order valence-corrected chi connectivity index (χ1v) is 10.3. The summed E-state index contributed by atoms with van der Waals surface area (Å²) in [5.41, 5.74) is 2.85. The molecule has 3 nitrogen and oxygen atoms in total. The number of unbranched alkanes of at least 4 members (excludes halogenated alkanes) is 1. The van der Waals surface area contributed by atoms with E-state index in [1.165, 1.54) is 11.1 Å². The van der Waals surface area contributed by atoms with Crippen molar-refractivity contribution in [2.75, 3.05) is 14.1 Å². The normalized spacial score (nSPS) is 27.0. The zero-order chi connectivity index (χ0) is 19.2. The summed E-state index contributed by atoms with van der Waals surface area (Å²) in [6.07, 6.45) is 13.5. The number of benzene rings is 1. The van der Waals surface area contributed by atoms with Crippen molar-refractivity contribution in [1.82, 2.24) is 4.90 Å². The molecule has 0 aliphatic heterocycles. The average molecular weight is 368 g/mol. The molecular weight excluding hydrogens is 334 g/mol. The van der Waals surface area contributed by atoms with Crippen molar-refractivity contribution < 1.29 is 9.90 Å². The highest BCUT2D eigenvalue weighted by Gasteiger charge is 2.43. The van der Waals surface area contributed by atoms with Crippen LogP contribution in [0.5, 0.6) is 0 Å². The molecule has 0 spiro atoms. The summed E-state index contributed by atoms with van der Waals surface area (Å²) >= 11 is 0. The van der Waals surface area contributed by atoms with Crippen LogP contribution in [0.4, 0.5) is 0 Å². The third-order valence-corrected chi connectivity index (χ3v) is 6.14. The number of aliphatic hydroxyl groups is 1. The number of carbonyl (C=O) groups excluding carboxylic acids is 1. The molecule has 0 heterocycles. The Labute approximate surface area is 163 Å². The van der Waals surface area contributed by atoms with Gasteiger partial charge in [0.15, 0.2) is 0 Å². The minimum Gasteiger partial charge on any atom is -0.392 e. The molecule has 1 fully saturated rings. The van der Waals surface area contributed by atoms with Gasteiger partial charge in [-0.2, -0.15) is 0 Å². The Hall–Kier alpha value is -1.87. The van der Waals surface area contributed by atoms with E-state index in [2.05, 4.69) is 42.5 Å². The van der Waals surface area contributed by atoms with E-state index in [-0.39, 0.29) is 17.9 Å². The smallest absolute Gasteiger partial charge is 0.222 e. The van der Waals surface area contributed by atoms with Crippen LogP contribution >= 0.6 is 0 Å². The van der Waals surface area contributed by atoms with Gasteiger partial charge in [0.2, 0.25) is 5.91 Å². The molecule has 2 aliphatic rings. The standard InChI is InChI=1S/C24H33NO2/c1-25(2)24(27)14-7-6-11-19-15-20-17-23(26)21(22(20)16-19)13-8-12-18-9-4-3-5-10-18/h3-5,8-10,13,15,20-23,26H,6-7,11-12,14,16-17H2,1-2H3/b13-8+/t20-,21+,22-,23+/m0/s1. The van der Waals surface area contributed by atoms with E-state index in [1.807, 2.05) is 20.2 Å². The van der Waals surface area contributed by atoms with Crippen LogP contribution in [0.3, 0.4) is 0 Å². The number of fused-ring (bicyclic) bond motifs is 1. The van der Waals surface area contributed by atoms with Crippen LogP contribution in [0.15, 0.2) is 54.1 Å². The molecule has 4 atom stereocenters. The van der Waals surface area contributed by atoms with Gasteiger partial charge in [0.25, 0.3) is 0 Å². The van der Waals surface area contributed by atoms with Crippen LogP contribution in [0, 0.1) is 17.8 Å². The minimum absolute atomic E-state index is 0.206. The minimum atomic E-state index is -0.206. The quantitative estimate of drug-likeness (QED) is 0.547. The number of allylic oxidation sites excluding steroid dienone is 3. The largest absolute Gasteiger partial charge is 0.392 e. The van der Waals surface area contributed by atoms with Crippen LogP contribution in [0.25, 0.3) is 0 Å². The number of aliphatic hydroxyl groups excluding tert-OH is 1. The Balaban J connectivity index is 1.46. The van der Waals surface area contributed by atoms with Crippen molar-refractivity contribution in [3.8, 4) is 0 Å². The maximum Gasteiger partial charge on any atom is 0.222 e. The Bertz CT molecular complexity index is 677. The van der Waals surface area contributed by atoms with Crippen LogP contribution in [-0.4, -0.2) is 36.1 Å². The average Bonchev–Trinajstić information content (AvgIpc) is 3.17. The van der Waals surface area contributed by atoms with Crippen molar-refractivity contribution in [3.63, 3.8) is 0 Å². The molecule has 0 bridgehead atoms. The van der Waals surface area contributed by atoms with E-state index >= 15 is 0 Å². The zero-order valence-electron chi connectivity index (χ0n) is 16.7. The van der Waals surface area contributed by atoms with Gasteiger partial charge in [-0.25, -0.2) is 0 Å². The van der Waals surface area contributed by atoms with Crippen molar-refractivity contribution in [2.45, 2.75) is 51.0 Å². The van der Waals surface area contributed by atoms with Crippen molar-refractivity contribution >= 4 is 5.91 Å². The van der Waals surface area contributed by atoms with E-state index < -0.39 is 0 Å². The SMILES string of the molecule is CN(C)C(=O)CCCCC1=C[C@H]2C[C@@H](O)[C@H](/C=C/Cc3ccccc3)[C@H]2C1. The predicted molar refractivity (Wildman–Crippen MR) is 110 cm³/mol. The summed E-state index contributed by atoms with van der Waals surface area (Å²) in [6, 6.07) is 10.5. The monoisotopic (exact) mass is 367 g/mol. The Morgan fingerprint density at radius 3 is 2.74 bits per heavy atom. The van der Waals surface area contributed by atoms with E-state index in [0.29, 0.717) is 18.3 Å². The second-order valence-corrected chi connectivity index (χ2v) is 8.35. The number of carbonyl (C=O) groups is 1. The van der Waals surface area contributed by atoms with Crippen LogP contribution in [0.1, 0.15) is 44.1 Å². The van der Waals surface area contributed by atoms with Crippen molar-refractivity contribution in [2.24, 2.45) is 17.8 Å². The van der Waals surface area contributed by atoms with Gasteiger partial charge in [-0.05, 0) is 55.9 Å². The lowest BCUT2D eigenvalue weighted by Crippen LogP contribution is -2.21. The summed E-state index contributed by atoms with van der Waals surface area (Å²) in [6.45, 7) is 0. The Kier molecular flexibility index (Phi) is 6.89. The molecule has 0 aromatic heterocycles. The number of hydrogen-bond acceptors (Lipinski definition) is 2. The highest BCUT2D eigenvalue weighted by Crippen LogP contribution is 2.48. The molecule has 0 unspecified atom stereocenters. The molecule has 0 saturated heterocycles. The first kappa shape index (κ1) is 19.9. The molecular formula is C24H33NO2. The predicted octanol–water partition coefficient (Wildman–Crippen LogP) is 4.38. The summed E-state index contributed by atoms with van der Waals surface area (Å²) in [5.74, 6) is 1.59. The van der Waals surface area contributed by atoms with Gasteiger partial charge >= 0.3 is 0 Å². The molecule has 1 aromatic carbocycles. The molecule has 27 heavy (non-hydrogen) atoms. The molecule has 3 rings (SSSR count). The lowest BCUT2D eigenvalue weighted by atomic mass is 9.88. The maximum absolute atomic E-state index is 11.7. The summed E-state index contributed by atoms with van der Waals surface area (Å²) < 4.78 is 0. The molecule has 1 amide bonds. The molecule has 1 saturated carbocycles. The van der Waals surface area contributed by atoms with Crippen LogP contribution in [-0.2, 0) is 11.2 Å². The summed E-state index contributed by atoms with van der Waals surface area (Å²) in [7, 11) is 3.64. The number of amides is 1. The highest BCUT2D eigenvalue weighted by molar-refractivity contribution is 5.75. The van der Waals surface area contributed by atoms with Gasteiger partial charge in [-0.15, -0.1) is 0 Å². The van der Waals surface area contributed by atoms with E-state index in [1.54, 1.807) is 4.90 Å². The van der Waals surface area contributed by atoms with Gasteiger partial charge in [-0.3, -0.25) is 4.79 Å². The molecule has 1 N–H and O–H groups in total. The highest BCUT2D eigenvalue weighted by atomic mass is 16.3. The molecule has 1 aromatic rings. The molecule has 0 radical (unpaired) electrons. The third kappa shape index (κ3) is 5.32. The molecule has 3 heteroatoms. The van der Waals surface area contributed by atoms with E-state index in [9.17, 15) is 9.90 Å². The fourth-order valence-electron chi connectivity index (χ4n) is 4.62. The Morgan fingerprint density at radius 1 is 1.22 bits per heavy atom. The molecule has 146 valence electrons. The van der Waals surface area contributed by atoms with Crippen LogP contribution in [0.2, 0.25) is 0 Å². The first-order chi connectivity index (χ1) is 13.0. The zero-order valence-corrected chi connectivity index (χ0v) is 16.7. The molecule has 2 aliphatic carbocycles. The lowest BCUT2D eigenvalue weighted by molar-refractivity contribution is -0.128.